The number of nitrogens with one attached hydrogen (secondary N) is 1. The number of aryl methyl sites for hydroxylation is 1. The third-order valence-corrected chi connectivity index (χ3v) is 2.57. The minimum absolute atomic E-state index is 0.869. The van der Waals surface area contributed by atoms with E-state index in [1.54, 1.807) is 0 Å². The van der Waals surface area contributed by atoms with E-state index in [-0.39, 0.29) is 0 Å². The van der Waals surface area contributed by atoms with Crippen LogP contribution in [0.3, 0.4) is 0 Å². The van der Waals surface area contributed by atoms with Crippen molar-refractivity contribution in [2.45, 2.75) is 6.54 Å². The molecule has 0 amide bonds. The fraction of sp³-hybridized carbons (Fsp3) is 0.333. The van der Waals surface area contributed by atoms with Crippen LogP contribution in [-0.2, 0) is 13.6 Å². The van der Waals surface area contributed by atoms with Gasteiger partial charge in [-0.2, -0.15) is 0 Å². The first-order valence-electron chi connectivity index (χ1n) is 5.12. The minimum Gasteiger partial charge on any atom is -0.350 e. The average molecular weight is 203 g/mol. The van der Waals surface area contributed by atoms with Crippen LogP contribution in [0.4, 0.5) is 0 Å². The second kappa shape index (κ2) is 4.04. The Hall–Kier alpha value is -1.32. The highest BCUT2D eigenvalue weighted by atomic mass is 15.5. The maximum absolute atomic E-state index is 3.29. The maximum Gasteiger partial charge on any atom is 0.0481 e. The van der Waals surface area contributed by atoms with E-state index in [0.717, 1.165) is 6.54 Å². The number of nitrogens with zero attached hydrogens (tertiary/aromatic N) is 2. The number of hydrazine groups is 1. The van der Waals surface area contributed by atoms with Gasteiger partial charge in [0.1, 0.15) is 0 Å². The lowest BCUT2D eigenvalue weighted by molar-refractivity contribution is 0.286. The SMILES string of the molecule is CN(C)NCc1cn(C)c2ccccc12. The van der Waals surface area contributed by atoms with Crippen LogP contribution >= 0.6 is 0 Å². The van der Waals surface area contributed by atoms with Crippen LogP contribution in [0.2, 0.25) is 0 Å². The highest BCUT2D eigenvalue weighted by Gasteiger charge is 2.04. The van der Waals surface area contributed by atoms with Crippen LogP contribution in [-0.4, -0.2) is 23.7 Å². The lowest BCUT2D eigenvalue weighted by atomic mass is 10.2. The molecule has 0 saturated carbocycles. The van der Waals surface area contributed by atoms with Gasteiger partial charge in [-0.05, 0) is 11.6 Å². The van der Waals surface area contributed by atoms with E-state index in [9.17, 15) is 0 Å². The number of aromatic nitrogens is 1. The molecular formula is C12H17N3. The molecule has 0 unspecified atom stereocenters. The molecule has 0 bridgehead atoms. The Labute approximate surface area is 90.3 Å². The molecule has 0 aliphatic heterocycles. The fourth-order valence-electron chi connectivity index (χ4n) is 1.81. The van der Waals surface area contributed by atoms with Crippen molar-refractivity contribution in [1.29, 1.82) is 0 Å². The Kier molecular flexibility index (Phi) is 2.75. The monoisotopic (exact) mass is 203 g/mol. The Balaban J connectivity index is 2.35. The molecule has 1 N–H and O–H groups in total. The van der Waals surface area contributed by atoms with Gasteiger partial charge in [0.25, 0.3) is 0 Å². The molecule has 0 aliphatic rings. The molecular weight excluding hydrogens is 186 g/mol. The van der Waals surface area contributed by atoms with E-state index >= 15 is 0 Å². The van der Waals surface area contributed by atoms with E-state index in [1.165, 1.54) is 16.5 Å². The molecule has 0 spiro atoms. The molecule has 15 heavy (non-hydrogen) atoms. The standard InChI is InChI=1S/C12H17N3/c1-14(2)13-8-10-9-15(3)12-7-5-4-6-11(10)12/h4-7,9,13H,8H2,1-3H3. The lowest BCUT2D eigenvalue weighted by Crippen LogP contribution is -2.29. The Morgan fingerprint density at radius 1 is 1.27 bits per heavy atom. The van der Waals surface area contributed by atoms with E-state index < -0.39 is 0 Å². The third kappa shape index (κ3) is 2.03. The fourth-order valence-corrected chi connectivity index (χ4v) is 1.81. The molecule has 1 heterocycles. The number of fused-ring (bicyclic) bond motifs is 1. The van der Waals surface area contributed by atoms with Crippen LogP contribution in [0.1, 0.15) is 5.56 Å². The number of para-hydroxylation sites is 1. The highest BCUT2D eigenvalue weighted by Crippen LogP contribution is 2.19. The molecule has 2 aromatic rings. The van der Waals surface area contributed by atoms with Crippen molar-refractivity contribution >= 4 is 10.9 Å². The van der Waals surface area contributed by atoms with Crippen molar-refractivity contribution in [2.75, 3.05) is 14.1 Å². The van der Waals surface area contributed by atoms with Crippen LogP contribution in [0.15, 0.2) is 30.5 Å². The van der Waals surface area contributed by atoms with Gasteiger partial charge in [-0.3, -0.25) is 10.4 Å². The summed E-state index contributed by atoms with van der Waals surface area (Å²) in [4.78, 5) is 0. The smallest absolute Gasteiger partial charge is 0.0481 e. The molecule has 0 radical (unpaired) electrons. The van der Waals surface area contributed by atoms with Crippen molar-refractivity contribution in [3.63, 3.8) is 0 Å². The summed E-state index contributed by atoms with van der Waals surface area (Å²) >= 11 is 0. The summed E-state index contributed by atoms with van der Waals surface area (Å²) in [6.07, 6.45) is 2.18. The Morgan fingerprint density at radius 2 is 2.00 bits per heavy atom. The summed E-state index contributed by atoms with van der Waals surface area (Å²) in [7, 11) is 6.09. The Bertz CT molecular complexity index is 457. The molecule has 3 nitrogen and oxygen atoms in total. The van der Waals surface area contributed by atoms with Gasteiger partial charge in [0.2, 0.25) is 0 Å². The van der Waals surface area contributed by atoms with E-state index in [2.05, 4.69) is 47.5 Å². The zero-order valence-corrected chi connectivity index (χ0v) is 9.49. The van der Waals surface area contributed by atoms with Gasteiger partial charge in [-0.1, -0.05) is 18.2 Å². The average Bonchev–Trinajstić information content (AvgIpc) is 2.54. The second-order valence-electron chi connectivity index (χ2n) is 4.01. The van der Waals surface area contributed by atoms with Crippen LogP contribution in [0.25, 0.3) is 10.9 Å². The summed E-state index contributed by atoms with van der Waals surface area (Å²) in [5.74, 6) is 0. The van der Waals surface area contributed by atoms with Crippen LogP contribution in [0, 0.1) is 0 Å². The zero-order chi connectivity index (χ0) is 10.8. The largest absolute Gasteiger partial charge is 0.350 e. The number of benzene rings is 1. The normalized spacial score (nSPS) is 11.5. The molecule has 3 heteroatoms. The van der Waals surface area contributed by atoms with Gasteiger partial charge in [-0.25, -0.2) is 0 Å². The minimum atomic E-state index is 0.869. The topological polar surface area (TPSA) is 20.2 Å². The Morgan fingerprint density at radius 3 is 2.73 bits per heavy atom. The predicted octanol–water partition coefficient (Wildman–Crippen LogP) is 1.74. The van der Waals surface area contributed by atoms with Crippen LogP contribution in [0.5, 0.6) is 0 Å². The zero-order valence-electron chi connectivity index (χ0n) is 9.49. The van der Waals surface area contributed by atoms with Crippen LogP contribution < -0.4 is 5.43 Å². The number of rotatable bonds is 3. The summed E-state index contributed by atoms with van der Waals surface area (Å²) in [6, 6.07) is 8.48. The third-order valence-electron chi connectivity index (χ3n) is 2.57. The molecule has 0 fully saturated rings. The molecule has 0 aliphatic carbocycles. The lowest BCUT2D eigenvalue weighted by Gasteiger charge is -2.10. The molecule has 2 rings (SSSR count). The van der Waals surface area contributed by atoms with Crippen molar-refractivity contribution < 1.29 is 0 Å². The van der Waals surface area contributed by atoms with E-state index in [4.69, 9.17) is 0 Å². The molecule has 1 aromatic carbocycles. The first kappa shape index (κ1) is 10.2. The molecule has 0 atom stereocenters. The van der Waals surface area contributed by atoms with Crippen molar-refractivity contribution in [3.05, 3.63) is 36.0 Å². The predicted molar refractivity (Wildman–Crippen MR) is 63.4 cm³/mol. The first-order chi connectivity index (χ1) is 7.18. The summed E-state index contributed by atoms with van der Waals surface area (Å²) in [6.45, 7) is 0.869. The molecule has 0 saturated heterocycles. The van der Waals surface area contributed by atoms with Gasteiger partial charge in [0.15, 0.2) is 0 Å². The summed E-state index contributed by atoms with van der Waals surface area (Å²) in [5, 5.41) is 3.30. The van der Waals surface area contributed by atoms with E-state index in [1.807, 2.05) is 19.1 Å². The van der Waals surface area contributed by atoms with Gasteiger partial charge in [0, 0.05) is 44.8 Å². The quantitative estimate of drug-likeness (QED) is 0.767. The van der Waals surface area contributed by atoms with Gasteiger partial charge in [0.05, 0.1) is 0 Å². The summed E-state index contributed by atoms with van der Waals surface area (Å²) < 4.78 is 2.17. The summed E-state index contributed by atoms with van der Waals surface area (Å²) in [5.41, 5.74) is 5.91. The second-order valence-corrected chi connectivity index (χ2v) is 4.01. The molecule has 1 aromatic heterocycles. The van der Waals surface area contributed by atoms with Crippen molar-refractivity contribution in [1.82, 2.24) is 15.0 Å². The van der Waals surface area contributed by atoms with E-state index in [0.29, 0.717) is 0 Å². The van der Waals surface area contributed by atoms with Crippen molar-refractivity contribution in [3.8, 4) is 0 Å². The number of hydrogen-bond acceptors (Lipinski definition) is 2. The molecule has 80 valence electrons. The number of hydrogen-bond donors (Lipinski definition) is 1. The first-order valence-corrected chi connectivity index (χ1v) is 5.12. The highest BCUT2D eigenvalue weighted by molar-refractivity contribution is 5.83. The van der Waals surface area contributed by atoms with Gasteiger partial charge >= 0.3 is 0 Å². The maximum atomic E-state index is 3.29. The van der Waals surface area contributed by atoms with Gasteiger partial charge in [-0.15, -0.1) is 0 Å². The van der Waals surface area contributed by atoms with Gasteiger partial charge < -0.3 is 4.57 Å². The van der Waals surface area contributed by atoms with Crippen molar-refractivity contribution in [2.24, 2.45) is 7.05 Å².